The SMILES string of the molecule is c1ccc(-c2ccc(-c3nc(-c4ccccc4)nc(-c4cccc5oc6c(-c7ccc8c(c7)sc7ccccc78)cc(-c7ccc8c(c7)sc7ccccc78)cc6c45)n3)cc2)cc1.c1ccc(-c2ccc(-c3nc(-c4ccccc4)nc(-c4cccc5oc6c(-c7ccc8sc9ccccc9c8c7)cc(-c7ccc8sc9ccccc9c8c7)cc6c45)n3)cc2)cc1. The number of hydrogen-bond acceptors (Lipinski definition) is 12. The zero-order valence-corrected chi connectivity index (χ0v) is 70.5. The largest absolute Gasteiger partial charge is 0.455 e. The molecule has 588 valence electrons. The molecule has 0 radical (unpaired) electrons. The van der Waals surface area contributed by atoms with Gasteiger partial charge in [0.05, 0.1) is 0 Å². The van der Waals surface area contributed by atoms with E-state index >= 15 is 0 Å². The highest BCUT2D eigenvalue weighted by molar-refractivity contribution is 7.27. The Morgan fingerprint density at radius 2 is 0.421 bits per heavy atom. The van der Waals surface area contributed by atoms with E-state index in [0.29, 0.717) is 34.9 Å². The molecule has 8 aromatic heterocycles. The molecule has 0 spiro atoms. The fraction of sp³-hybridized carbons (Fsp3) is 0. The third-order valence-electron chi connectivity index (χ3n) is 24.3. The Kier molecular flexibility index (Phi) is 17.6. The molecule has 8 nitrogen and oxygen atoms in total. The van der Waals surface area contributed by atoms with Gasteiger partial charge in [0.15, 0.2) is 34.9 Å². The van der Waals surface area contributed by atoms with Gasteiger partial charge in [0.25, 0.3) is 0 Å². The molecule has 26 rings (SSSR count). The zero-order valence-electron chi connectivity index (χ0n) is 67.2. The standard InChI is InChI=1S/2C57H33N3OS2/c1-3-12-34(13-4-1)35-22-24-37(25-23-35)56-58-55(36-14-5-2-6-15-36)59-57(60-56)45-18-11-19-48-53(45)47-31-40(38-26-28-43-41-16-7-9-20-49(41)62-51(43)32-38)30-46(54(47)61-48)39-27-29-44-42-17-8-10-21-50(42)63-52(44)33-39;1-3-12-34(13-4-1)35-22-24-37(25-23-35)56-58-55(36-14-5-2-6-15-36)59-57(60-56)43-18-11-19-48-53(43)47-33-40(38-26-28-51-45(30-38)41-16-7-9-20-49(41)62-51)32-44(54(47)61-48)39-27-29-52-46(31-39)42-17-8-10-21-50(42)63-52/h2*1-33H. The topological polar surface area (TPSA) is 104 Å². The zero-order chi connectivity index (χ0) is 82.9. The first-order valence-electron chi connectivity index (χ1n) is 42.0. The maximum atomic E-state index is 7.01. The Morgan fingerprint density at radius 1 is 0.151 bits per heavy atom. The van der Waals surface area contributed by atoms with E-state index in [-0.39, 0.29) is 0 Å². The van der Waals surface area contributed by atoms with Crippen molar-refractivity contribution in [1.82, 2.24) is 29.9 Å². The van der Waals surface area contributed by atoms with Crippen LogP contribution in [0.25, 0.3) is 260 Å². The van der Waals surface area contributed by atoms with E-state index in [1.54, 1.807) is 0 Å². The number of benzene rings is 18. The summed E-state index contributed by atoms with van der Waals surface area (Å²) in [7, 11) is 0. The highest BCUT2D eigenvalue weighted by Gasteiger charge is 2.26. The fourth-order valence-electron chi connectivity index (χ4n) is 18.2. The predicted octanol–water partition coefficient (Wildman–Crippen LogP) is 33.0. The molecule has 0 atom stereocenters. The monoisotopic (exact) mass is 1680 g/mol. The van der Waals surface area contributed by atoms with Crippen LogP contribution in [0.4, 0.5) is 0 Å². The number of aromatic nitrogens is 6. The van der Waals surface area contributed by atoms with Crippen LogP contribution < -0.4 is 0 Å². The van der Waals surface area contributed by atoms with Crippen LogP contribution in [0.2, 0.25) is 0 Å². The molecule has 0 aliphatic heterocycles. The highest BCUT2D eigenvalue weighted by atomic mass is 32.1. The number of furan rings is 2. The van der Waals surface area contributed by atoms with Crippen LogP contribution >= 0.6 is 45.3 Å². The summed E-state index contributed by atoms with van der Waals surface area (Å²) < 4.78 is 24.2. The lowest BCUT2D eigenvalue weighted by Gasteiger charge is -2.11. The predicted molar refractivity (Wildman–Crippen MR) is 531 cm³/mol. The van der Waals surface area contributed by atoms with Gasteiger partial charge < -0.3 is 8.83 Å². The average molecular weight is 1680 g/mol. The molecule has 0 saturated heterocycles. The fourth-order valence-corrected chi connectivity index (χ4v) is 22.6. The van der Waals surface area contributed by atoms with Gasteiger partial charge in [-0.3, -0.25) is 0 Å². The third kappa shape index (κ3) is 12.8. The van der Waals surface area contributed by atoms with Gasteiger partial charge in [0.2, 0.25) is 0 Å². The average Bonchev–Trinajstić information content (AvgIpc) is 1.58. The second-order valence-electron chi connectivity index (χ2n) is 31.8. The number of rotatable bonds is 12. The molecule has 0 unspecified atom stereocenters. The Bertz CT molecular complexity index is 8840. The quantitative estimate of drug-likeness (QED) is 0.119. The second kappa shape index (κ2) is 30.2. The van der Waals surface area contributed by atoms with E-state index in [9.17, 15) is 0 Å². The van der Waals surface area contributed by atoms with Crippen LogP contribution in [0.15, 0.2) is 409 Å². The molecule has 0 amide bonds. The summed E-state index contributed by atoms with van der Waals surface area (Å²) in [5.74, 6) is 3.62. The normalized spacial score (nSPS) is 11.8. The van der Waals surface area contributed by atoms with Gasteiger partial charge in [0.1, 0.15) is 22.3 Å². The maximum Gasteiger partial charge on any atom is 0.164 e. The second-order valence-corrected chi connectivity index (χ2v) is 36.2. The van der Waals surface area contributed by atoms with Crippen molar-refractivity contribution in [2.45, 2.75) is 0 Å². The Balaban J connectivity index is 0.000000137. The van der Waals surface area contributed by atoms with Gasteiger partial charge in [-0.15, -0.1) is 45.3 Å². The summed E-state index contributed by atoms with van der Waals surface area (Å²) in [5, 5.41) is 14.1. The number of fused-ring (bicyclic) bond motifs is 18. The minimum Gasteiger partial charge on any atom is -0.455 e. The van der Waals surface area contributed by atoms with E-state index in [4.69, 9.17) is 38.7 Å². The van der Waals surface area contributed by atoms with Gasteiger partial charge in [-0.05, 0) is 153 Å². The smallest absolute Gasteiger partial charge is 0.164 e. The minimum absolute atomic E-state index is 0.587. The molecule has 0 aliphatic carbocycles. The summed E-state index contributed by atoms with van der Waals surface area (Å²) >= 11 is 7.34. The highest BCUT2D eigenvalue weighted by Crippen LogP contribution is 2.50. The number of nitrogens with zero attached hydrogens (tertiary/aromatic N) is 6. The first-order chi connectivity index (χ1) is 62.4. The molecule has 0 saturated carbocycles. The van der Waals surface area contributed by atoms with Crippen molar-refractivity contribution in [3.8, 4) is 135 Å². The van der Waals surface area contributed by atoms with Gasteiger partial charge in [-0.1, -0.05) is 303 Å². The van der Waals surface area contributed by atoms with Crippen molar-refractivity contribution < 1.29 is 8.83 Å². The van der Waals surface area contributed by atoms with Crippen molar-refractivity contribution in [1.29, 1.82) is 0 Å². The first-order valence-corrected chi connectivity index (χ1v) is 45.2. The lowest BCUT2D eigenvalue weighted by molar-refractivity contribution is 0.669. The minimum atomic E-state index is 0.587. The van der Waals surface area contributed by atoms with E-state index in [2.05, 4.69) is 340 Å². The van der Waals surface area contributed by atoms with Gasteiger partial charge >= 0.3 is 0 Å². The molecule has 0 fully saturated rings. The Hall–Kier alpha value is -15.5. The number of hydrogen-bond donors (Lipinski definition) is 0. The van der Waals surface area contributed by atoms with E-state index in [1.165, 1.54) is 80.7 Å². The summed E-state index contributed by atoms with van der Waals surface area (Å²) in [4.78, 5) is 31.1. The van der Waals surface area contributed by atoms with Crippen LogP contribution in [0.1, 0.15) is 0 Å². The Labute approximate surface area is 738 Å². The summed E-state index contributed by atoms with van der Waals surface area (Å²) in [6.45, 7) is 0. The van der Waals surface area contributed by atoms with Crippen LogP contribution in [-0.2, 0) is 0 Å². The lowest BCUT2D eigenvalue weighted by Crippen LogP contribution is -2.00. The van der Waals surface area contributed by atoms with Crippen molar-refractivity contribution in [3.63, 3.8) is 0 Å². The van der Waals surface area contributed by atoms with Crippen molar-refractivity contribution in [2.24, 2.45) is 0 Å². The van der Waals surface area contributed by atoms with Gasteiger partial charge in [0, 0.05) is 147 Å². The molecule has 26 aromatic rings. The van der Waals surface area contributed by atoms with E-state index in [0.717, 1.165) is 144 Å². The summed E-state index contributed by atoms with van der Waals surface area (Å²) in [6.07, 6.45) is 0. The third-order valence-corrected chi connectivity index (χ3v) is 28.9. The molecule has 12 heteroatoms. The van der Waals surface area contributed by atoms with E-state index in [1.807, 2.05) is 106 Å². The summed E-state index contributed by atoms with van der Waals surface area (Å²) in [5.41, 5.74) is 22.1. The van der Waals surface area contributed by atoms with Gasteiger partial charge in [-0.25, -0.2) is 29.9 Å². The Morgan fingerprint density at radius 3 is 0.849 bits per heavy atom. The molecule has 0 aliphatic rings. The van der Waals surface area contributed by atoms with Crippen LogP contribution in [0.5, 0.6) is 0 Å². The van der Waals surface area contributed by atoms with Crippen molar-refractivity contribution >= 4 is 170 Å². The lowest BCUT2D eigenvalue weighted by atomic mass is 9.93. The van der Waals surface area contributed by atoms with Gasteiger partial charge in [-0.2, -0.15) is 0 Å². The maximum absolute atomic E-state index is 7.01. The molecule has 0 bridgehead atoms. The van der Waals surface area contributed by atoms with Crippen LogP contribution in [0.3, 0.4) is 0 Å². The van der Waals surface area contributed by atoms with Crippen LogP contribution in [0, 0.1) is 0 Å². The number of thiophene rings is 4. The van der Waals surface area contributed by atoms with E-state index < -0.39 is 0 Å². The molecular weight excluding hydrogens is 1610 g/mol. The molecular formula is C114H66N6O2S4. The molecule has 8 heterocycles. The van der Waals surface area contributed by atoms with Crippen LogP contribution in [-0.4, -0.2) is 29.9 Å². The molecule has 0 N–H and O–H groups in total. The molecule has 18 aromatic carbocycles. The summed E-state index contributed by atoms with van der Waals surface area (Å²) in [6, 6.07) is 142. The first kappa shape index (κ1) is 73.2. The molecule has 126 heavy (non-hydrogen) atoms. The van der Waals surface area contributed by atoms with Crippen molar-refractivity contribution in [3.05, 3.63) is 400 Å². The van der Waals surface area contributed by atoms with Crippen molar-refractivity contribution in [2.75, 3.05) is 0 Å².